The summed E-state index contributed by atoms with van der Waals surface area (Å²) in [7, 11) is 0. The van der Waals surface area contributed by atoms with Crippen LogP contribution in [0.15, 0.2) is 30.3 Å². The molecule has 17 heavy (non-hydrogen) atoms. The van der Waals surface area contributed by atoms with E-state index in [9.17, 15) is 9.59 Å². The van der Waals surface area contributed by atoms with Crippen LogP contribution in [0.5, 0.6) is 0 Å². The van der Waals surface area contributed by atoms with E-state index >= 15 is 0 Å². The third-order valence-electron chi connectivity index (χ3n) is 2.91. The van der Waals surface area contributed by atoms with Gasteiger partial charge < -0.3 is 5.32 Å². The van der Waals surface area contributed by atoms with Crippen molar-refractivity contribution in [2.75, 3.05) is 0 Å². The van der Waals surface area contributed by atoms with Gasteiger partial charge in [0.15, 0.2) is 0 Å². The van der Waals surface area contributed by atoms with Crippen molar-refractivity contribution < 1.29 is 9.59 Å². The van der Waals surface area contributed by atoms with Gasteiger partial charge in [-0.15, -0.1) is 0 Å². The summed E-state index contributed by atoms with van der Waals surface area (Å²) in [6.07, 6.45) is 0. The summed E-state index contributed by atoms with van der Waals surface area (Å²) in [6, 6.07) is 8.84. The molecule has 0 radical (unpaired) electrons. The van der Waals surface area contributed by atoms with E-state index in [0.29, 0.717) is 6.54 Å². The molecule has 1 fully saturated rings. The van der Waals surface area contributed by atoms with Crippen molar-refractivity contribution in [1.82, 2.24) is 10.2 Å². The van der Waals surface area contributed by atoms with Gasteiger partial charge in [-0.2, -0.15) is 0 Å². The Morgan fingerprint density at radius 1 is 1.24 bits per heavy atom. The Bertz CT molecular complexity index is 428. The van der Waals surface area contributed by atoms with Gasteiger partial charge in [0.1, 0.15) is 6.04 Å². The highest BCUT2D eigenvalue weighted by Crippen LogP contribution is 2.16. The number of nitrogens with zero attached hydrogens (tertiary/aromatic N) is 1. The molecule has 1 aromatic carbocycles. The molecule has 3 amide bonds. The number of hydrogen-bond donors (Lipinski definition) is 1. The molecule has 0 aromatic heterocycles. The highest BCUT2D eigenvalue weighted by molar-refractivity contribution is 6.04. The van der Waals surface area contributed by atoms with Crippen LogP contribution in [0.3, 0.4) is 0 Å². The Kier molecular flexibility index (Phi) is 3.13. The van der Waals surface area contributed by atoms with E-state index in [4.69, 9.17) is 0 Å². The van der Waals surface area contributed by atoms with Crippen molar-refractivity contribution in [2.24, 2.45) is 5.92 Å². The highest BCUT2D eigenvalue weighted by atomic mass is 16.2. The second-order valence-electron chi connectivity index (χ2n) is 4.58. The molecule has 1 aliphatic rings. The fourth-order valence-corrected chi connectivity index (χ4v) is 1.91. The normalized spacial score (nSPS) is 19.9. The predicted octanol–water partition coefficient (Wildman–Crippen LogP) is 1.76. The molecule has 1 N–H and O–H groups in total. The van der Waals surface area contributed by atoms with Crippen molar-refractivity contribution in [3.05, 3.63) is 35.9 Å². The lowest BCUT2D eigenvalue weighted by Crippen LogP contribution is -2.34. The van der Waals surface area contributed by atoms with Gasteiger partial charge >= 0.3 is 6.03 Å². The summed E-state index contributed by atoms with van der Waals surface area (Å²) >= 11 is 0. The first-order chi connectivity index (χ1) is 8.09. The van der Waals surface area contributed by atoms with E-state index in [0.717, 1.165) is 5.56 Å². The first-order valence-corrected chi connectivity index (χ1v) is 5.75. The second kappa shape index (κ2) is 4.57. The third-order valence-corrected chi connectivity index (χ3v) is 2.91. The largest absolute Gasteiger partial charge is 0.326 e. The molecule has 0 bridgehead atoms. The van der Waals surface area contributed by atoms with Gasteiger partial charge in [0.2, 0.25) is 0 Å². The Balaban J connectivity index is 2.12. The molecule has 0 spiro atoms. The van der Waals surface area contributed by atoms with Gasteiger partial charge in [-0.05, 0) is 11.5 Å². The van der Waals surface area contributed by atoms with Crippen molar-refractivity contribution in [3.8, 4) is 0 Å². The molecule has 1 aliphatic heterocycles. The SMILES string of the molecule is CC(C)[C@@H]1NC(=O)N(Cc2ccccc2)C1=O. The smallest absolute Gasteiger partial charge is 0.325 e. The van der Waals surface area contributed by atoms with E-state index in [1.807, 2.05) is 44.2 Å². The summed E-state index contributed by atoms with van der Waals surface area (Å²) in [6.45, 7) is 4.19. The molecule has 4 nitrogen and oxygen atoms in total. The second-order valence-corrected chi connectivity index (χ2v) is 4.58. The van der Waals surface area contributed by atoms with Crippen LogP contribution in [0, 0.1) is 5.92 Å². The molecule has 4 heteroatoms. The maximum atomic E-state index is 12.0. The minimum absolute atomic E-state index is 0.118. The van der Waals surface area contributed by atoms with E-state index < -0.39 is 0 Å². The molecule has 1 atom stereocenters. The third kappa shape index (κ3) is 2.30. The molecule has 1 heterocycles. The van der Waals surface area contributed by atoms with Crippen LogP contribution < -0.4 is 5.32 Å². The van der Waals surface area contributed by atoms with Crippen LogP contribution in [0.4, 0.5) is 4.79 Å². The maximum absolute atomic E-state index is 12.0. The number of imide groups is 1. The molecular weight excluding hydrogens is 216 g/mol. The summed E-state index contributed by atoms with van der Waals surface area (Å²) in [5.41, 5.74) is 0.959. The zero-order chi connectivity index (χ0) is 12.4. The van der Waals surface area contributed by atoms with Crippen LogP contribution in [0.2, 0.25) is 0 Å². The minimum atomic E-state index is -0.383. The van der Waals surface area contributed by atoms with E-state index in [1.165, 1.54) is 4.90 Å². The van der Waals surface area contributed by atoms with Crippen LogP contribution in [0.1, 0.15) is 19.4 Å². The van der Waals surface area contributed by atoms with Gasteiger partial charge in [-0.1, -0.05) is 44.2 Å². The van der Waals surface area contributed by atoms with Crippen molar-refractivity contribution >= 4 is 11.9 Å². The minimum Gasteiger partial charge on any atom is -0.326 e. The summed E-state index contributed by atoms with van der Waals surface area (Å²) < 4.78 is 0. The van der Waals surface area contributed by atoms with Gasteiger partial charge in [0.05, 0.1) is 6.54 Å². The number of rotatable bonds is 3. The molecule has 1 saturated heterocycles. The fourth-order valence-electron chi connectivity index (χ4n) is 1.91. The first kappa shape index (κ1) is 11.6. The molecule has 0 saturated carbocycles. The lowest BCUT2D eigenvalue weighted by molar-refractivity contribution is -0.128. The lowest BCUT2D eigenvalue weighted by Gasteiger charge is -2.14. The zero-order valence-electron chi connectivity index (χ0n) is 10.0. The number of urea groups is 1. The van der Waals surface area contributed by atoms with Crippen LogP contribution in [-0.2, 0) is 11.3 Å². The zero-order valence-corrected chi connectivity index (χ0v) is 10.0. The predicted molar refractivity (Wildman–Crippen MR) is 64.1 cm³/mol. The fraction of sp³-hybridized carbons (Fsp3) is 0.385. The van der Waals surface area contributed by atoms with Gasteiger partial charge in [0, 0.05) is 0 Å². The summed E-state index contributed by atoms with van der Waals surface area (Å²) in [5, 5.41) is 2.71. The molecule has 0 aliphatic carbocycles. The average Bonchev–Trinajstić information content (AvgIpc) is 2.58. The monoisotopic (exact) mass is 232 g/mol. The molecule has 2 rings (SSSR count). The number of carbonyl (C=O) groups is 2. The van der Waals surface area contributed by atoms with Crippen LogP contribution in [0.25, 0.3) is 0 Å². The Labute approximate surface area is 101 Å². The standard InChI is InChI=1S/C13H16N2O2/c1-9(2)11-12(16)15(13(17)14-11)8-10-6-4-3-5-7-10/h3-7,9,11H,8H2,1-2H3,(H,14,17)/t11-/m0/s1. The number of amides is 3. The van der Waals surface area contributed by atoms with Gasteiger partial charge in [0.25, 0.3) is 5.91 Å². The summed E-state index contributed by atoms with van der Waals surface area (Å²) in [4.78, 5) is 25.0. The molecule has 0 unspecified atom stereocenters. The summed E-state index contributed by atoms with van der Waals surface area (Å²) in [5.74, 6) is -0.0129. The first-order valence-electron chi connectivity index (χ1n) is 5.75. The number of carbonyl (C=O) groups excluding carboxylic acids is 2. The quantitative estimate of drug-likeness (QED) is 0.807. The lowest BCUT2D eigenvalue weighted by atomic mass is 10.0. The Hall–Kier alpha value is -1.84. The Morgan fingerprint density at radius 3 is 2.41 bits per heavy atom. The van der Waals surface area contributed by atoms with Crippen molar-refractivity contribution in [3.63, 3.8) is 0 Å². The van der Waals surface area contributed by atoms with Crippen molar-refractivity contribution in [2.45, 2.75) is 26.4 Å². The molecule has 1 aromatic rings. The number of nitrogens with one attached hydrogen (secondary N) is 1. The average molecular weight is 232 g/mol. The van der Waals surface area contributed by atoms with E-state index in [-0.39, 0.29) is 23.9 Å². The highest BCUT2D eigenvalue weighted by Gasteiger charge is 2.39. The van der Waals surface area contributed by atoms with Crippen LogP contribution in [-0.4, -0.2) is 22.9 Å². The molecular formula is C13H16N2O2. The number of hydrogen-bond acceptors (Lipinski definition) is 2. The van der Waals surface area contributed by atoms with E-state index in [1.54, 1.807) is 0 Å². The van der Waals surface area contributed by atoms with Crippen molar-refractivity contribution in [1.29, 1.82) is 0 Å². The number of benzene rings is 1. The Morgan fingerprint density at radius 2 is 1.88 bits per heavy atom. The van der Waals surface area contributed by atoms with E-state index in [2.05, 4.69) is 5.32 Å². The van der Waals surface area contributed by atoms with Gasteiger partial charge in [-0.3, -0.25) is 9.69 Å². The molecule has 90 valence electrons. The van der Waals surface area contributed by atoms with Gasteiger partial charge in [-0.25, -0.2) is 4.79 Å². The van der Waals surface area contributed by atoms with Crippen LogP contribution >= 0.6 is 0 Å². The maximum Gasteiger partial charge on any atom is 0.325 e. The topological polar surface area (TPSA) is 49.4 Å².